The second-order valence-corrected chi connectivity index (χ2v) is 6.38. The van der Waals surface area contributed by atoms with Crippen LogP contribution in [0, 0.1) is 0 Å². The van der Waals surface area contributed by atoms with E-state index in [-0.39, 0.29) is 5.97 Å². The standard InChI is InChI=1S/C22H18O2/c1-22(15-16-9-4-2-5-10-16)19-14-8-13-18(20(19)21(23)24-22)17-11-6-3-7-12-17/h2-14H,15H2,1H3. The number of carbonyl (C=O) groups is 1. The van der Waals surface area contributed by atoms with Crippen molar-refractivity contribution in [3.05, 3.63) is 95.6 Å². The third kappa shape index (κ3) is 2.41. The number of carbonyl (C=O) groups excluding carboxylic acids is 1. The molecule has 0 saturated heterocycles. The molecule has 0 spiro atoms. The molecule has 3 aromatic carbocycles. The molecule has 1 aliphatic rings. The number of hydrogen-bond donors (Lipinski definition) is 0. The lowest BCUT2D eigenvalue weighted by Crippen LogP contribution is -2.24. The number of cyclic esters (lactones) is 1. The van der Waals surface area contributed by atoms with E-state index in [9.17, 15) is 4.79 Å². The van der Waals surface area contributed by atoms with E-state index in [0.717, 1.165) is 22.3 Å². The SMILES string of the molecule is CC1(Cc2ccccc2)OC(=O)c2c(-c3ccccc3)cccc21. The lowest BCUT2D eigenvalue weighted by Gasteiger charge is -2.24. The number of rotatable bonds is 3. The van der Waals surface area contributed by atoms with Crippen LogP contribution in [0.5, 0.6) is 0 Å². The molecule has 0 saturated carbocycles. The summed E-state index contributed by atoms with van der Waals surface area (Å²) in [5.41, 5.74) is 4.18. The van der Waals surface area contributed by atoms with E-state index < -0.39 is 5.60 Å². The Morgan fingerprint density at radius 2 is 1.50 bits per heavy atom. The van der Waals surface area contributed by atoms with Crippen molar-refractivity contribution in [2.24, 2.45) is 0 Å². The molecule has 1 heterocycles. The van der Waals surface area contributed by atoms with Gasteiger partial charge in [0, 0.05) is 12.0 Å². The maximum absolute atomic E-state index is 12.6. The molecule has 118 valence electrons. The zero-order chi connectivity index (χ0) is 16.6. The Bertz CT molecular complexity index is 884. The monoisotopic (exact) mass is 314 g/mol. The molecule has 1 atom stereocenters. The van der Waals surface area contributed by atoms with Crippen molar-refractivity contribution in [3.8, 4) is 11.1 Å². The van der Waals surface area contributed by atoms with Crippen LogP contribution in [0.2, 0.25) is 0 Å². The fourth-order valence-corrected chi connectivity index (χ4v) is 3.50. The Morgan fingerprint density at radius 3 is 2.21 bits per heavy atom. The van der Waals surface area contributed by atoms with Gasteiger partial charge in [0.2, 0.25) is 0 Å². The van der Waals surface area contributed by atoms with E-state index in [0.29, 0.717) is 12.0 Å². The molecular weight excluding hydrogens is 296 g/mol. The van der Waals surface area contributed by atoms with Gasteiger partial charge in [0.05, 0.1) is 5.56 Å². The molecule has 0 amide bonds. The van der Waals surface area contributed by atoms with Gasteiger partial charge in [-0.3, -0.25) is 0 Å². The summed E-state index contributed by atoms with van der Waals surface area (Å²) in [7, 11) is 0. The lowest BCUT2D eigenvalue weighted by atomic mass is 9.85. The maximum Gasteiger partial charge on any atom is 0.340 e. The van der Waals surface area contributed by atoms with Crippen LogP contribution in [-0.2, 0) is 16.8 Å². The smallest absolute Gasteiger partial charge is 0.340 e. The van der Waals surface area contributed by atoms with Gasteiger partial charge in [0.15, 0.2) is 0 Å². The van der Waals surface area contributed by atoms with Gasteiger partial charge < -0.3 is 4.74 Å². The highest BCUT2D eigenvalue weighted by Crippen LogP contribution is 2.42. The fraction of sp³-hybridized carbons (Fsp3) is 0.136. The quantitative estimate of drug-likeness (QED) is 0.637. The third-order valence-electron chi connectivity index (χ3n) is 4.63. The van der Waals surface area contributed by atoms with Gasteiger partial charge in [0.25, 0.3) is 0 Å². The number of hydrogen-bond acceptors (Lipinski definition) is 2. The molecule has 0 aromatic heterocycles. The van der Waals surface area contributed by atoms with Gasteiger partial charge in [-0.1, -0.05) is 78.9 Å². The summed E-state index contributed by atoms with van der Waals surface area (Å²) in [6, 6.07) is 26.1. The van der Waals surface area contributed by atoms with Crippen LogP contribution < -0.4 is 0 Å². The van der Waals surface area contributed by atoms with Crippen LogP contribution in [0.15, 0.2) is 78.9 Å². The van der Waals surface area contributed by atoms with Crippen molar-refractivity contribution in [1.29, 1.82) is 0 Å². The Balaban J connectivity index is 1.81. The van der Waals surface area contributed by atoms with E-state index in [1.807, 2.05) is 73.7 Å². The van der Waals surface area contributed by atoms with Crippen LogP contribution in [0.3, 0.4) is 0 Å². The molecule has 24 heavy (non-hydrogen) atoms. The molecule has 3 aromatic rings. The predicted octanol–water partition coefficient (Wildman–Crippen LogP) is 4.98. The number of fused-ring (bicyclic) bond motifs is 1. The second-order valence-electron chi connectivity index (χ2n) is 6.38. The van der Waals surface area contributed by atoms with Gasteiger partial charge in [-0.15, -0.1) is 0 Å². The van der Waals surface area contributed by atoms with Crippen molar-refractivity contribution in [2.75, 3.05) is 0 Å². The minimum atomic E-state index is -0.626. The molecule has 4 rings (SSSR count). The first-order valence-corrected chi connectivity index (χ1v) is 8.13. The van der Waals surface area contributed by atoms with Crippen LogP contribution in [-0.4, -0.2) is 5.97 Å². The van der Waals surface area contributed by atoms with E-state index in [4.69, 9.17) is 4.74 Å². The van der Waals surface area contributed by atoms with Crippen LogP contribution in [0.25, 0.3) is 11.1 Å². The third-order valence-corrected chi connectivity index (χ3v) is 4.63. The number of ether oxygens (including phenoxy) is 1. The molecule has 0 bridgehead atoms. The zero-order valence-electron chi connectivity index (χ0n) is 13.5. The summed E-state index contributed by atoms with van der Waals surface area (Å²) in [5.74, 6) is -0.233. The predicted molar refractivity (Wildman–Crippen MR) is 94.8 cm³/mol. The summed E-state index contributed by atoms with van der Waals surface area (Å²) < 4.78 is 5.85. The zero-order valence-corrected chi connectivity index (χ0v) is 13.5. The summed E-state index contributed by atoms with van der Waals surface area (Å²) in [6.45, 7) is 2.00. The minimum Gasteiger partial charge on any atom is -0.450 e. The van der Waals surface area contributed by atoms with Crippen molar-refractivity contribution >= 4 is 5.97 Å². The normalized spacial score (nSPS) is 19.0. The Hall–Kier alpha value is -2.87. The highest BCUT2D eigenvalue weighted by molar-refractivity contribution is 6.01. The Labute approximate surface area is 141 Å². The van der Waals surface area contributed by atoms with Crippen molar-refractivity contribution < 1.29 is 9.53 Å². The fourth-order valence-electron chi connectivity index (χ4n) is 3.50. The van der Waals surface area contributed by atoms with Crippen LogP contribution >= 0.6 is 0 Å². The average Bonchev–Trinajstić information content (AvgIpc) is 2.87. The first-order chi connectivity index (χ1) is 11.7. The summed E-state index contributed by atoms with van der Waals surface area (Å²) in [5, 5.41) is 0. The lowest BCUT2D eigenvalue weighted by molar-refractivity contribution is 0.00121. The Morgan fingerprint density at radius 1 is 0.833 bits per heavy atom. The first-order valence-electron chi connectivity index (χ1n) is 8.13. The summed E-state index contributed by atoms with van der Waals surface area (Å²) in [4.78, 5) is 12.6. The van der Waals surface area contributed by atoms with Gasteiger partial charge in [-0.2, -0.15) is 0 Å². The number of esters is 1. The van der Waals surface area contributed by atoms with Gasteiger partial charge in [-0.25, -0.2) is 4.79 Å². The van der Waals surface area contributed by atoms with Crippen molar-refractivity contribution in [2.45, 2.75) is 18.9 Å². The molecule has 0 fully saturated rings. The van der Waals surface area contributed by atoms with Gasteiger partial charge in [0.1, 0.15) is 5.60 Å². The molecule has 1 aliphatic heterocycles. The summed E-state index contributed by atoms with van der Waals surface area (Å²) in [6.07, 6.45) is 0.671. The molecule has 2 heteroatoms. The molecule has 0 radical (unpaired) electrons. The molecule has 0 aliphatic carbocycles. The van der Waals surface area contributed by atoms with Gasteiger partial charge >= 0.3 is 5.97 Å². The van der Waals surface area contributed by atoms with E-state index in [2.05, 4.69) is 12.1 Å². The maximum atomic E-state index is 12.6. The average molecular weight is 314 g/mol. The topological polar surface area (TPSA) is 26.3 Å². The van der Waals surface area contributed by atoms with E-state index in [1.165, 1.54) is 0 Å². The molecule has 0 N–H and O–H groups in total. The van der Waals surface area contributed by atoms with E-state index in [1.54, 1.807) is 0 Å². The molecule has 1 unspecified atom stereocenters. The van der Waals surface area contributed by atoms with Crippen molar-refractivity contribution in [1.82, 2.24) is 0 Å². The van der Waals surface area contributed by atoms with E-state index >= 15 is 0 Å². The highest BCUT2D eigenvalue weighted by Gasteiger charge is 2.42. The summed E-state index contributed by atoms with van der Waals surface area (Å²) >= 11 is 0. The number of benzene rings is 3. The Kier molecular flexibility index (Phi) is 3.46. The molecule has 2 nitrogen and oxygen atoms in total. The van der Waals surface area contributed by atoms with Crippen LogP contribution in [0.1, 0.15) is 28.4 Å². The largest absolute Gasteiger partial charge is 0.450 e. The first kappa shape index (κ1) is 14.7. The minimum absolute atomic E-state index is 0.233. The highest BCUT2D eigenvalue weighted by atomic mass is 16.6. The second kappa shape index (κ2) is 5.64. The van der Waals surface area contributed by atoms with Crippen LogP contribution in [0.4, 0.5) is 0 Å². The van der Waals surface area contributed by atoms with Gasteiger partial charge in [-0.05, 0) is 23.6 Å². The van der Waals surface area contributed by atoms with Crippen molar-refractivity contribution in [3.63, 3.8) is 0 Å². The molecular formula is C22H18O2.